The molecule has 0 bridgehead atoms. The third-order valence-corrected chi connectivity index (χ3v) is 3.68. The largest absolute Gasteiger partial charge is 0.284 e. The van der Waals surface area contributed by atoms with Crippen molar-refractivity contribution in [2.75, 3.05) is 0 Å². The van der Waals surface area contributed by atoms with Gasteiger partial charge in [0.15, 0.2) is 0 Å². The molecule has 0 unspecified atom stereocenters. The second kappa shape index (κ2) is 5.07. The third-order valence-electron chi connectivity index (χ3n) is 3.68. The van der Waals surface area contributed by atoms with E-state index in [4.69, 9.17) is 0 Å². The predicted octanol–water partition coefficient (Wildman–Crippen LogP) is 4.00. The Labute approximate surface area is 127 Å². The Bertz CT molecular complexity index is 956. The fourth-order valence-corrected chi connectivity index (χ4v) is 2.62. The fourth-order valence-electron chi connectivity index (χ4n) is 2.62. The molecule has 0 saturated carbocycles. The molecule has 0 saturated heterocycles. The number of aromatic amines is 1. The summed E-state index contributed by atoms with van der Waals surface area (Å²) in [6.07, 6.45) is 3.70. The lowest BCUT2D eigenvalue weighted by Gasteiger charge is -2.04. The molecule has 0 amide bonds. The number of fused-ring (bicyclic) bond motifs is 1. The van der Waals surface area contributed by atoms with Crippen molar-refractivity contribution < 1.29 is 0 Å². The second-order valence-corrected chi connectivity index (χ2v) is 5.22. The first kappa shape index (κ1) is 12.7. The van der Waals surface area contributed by atoms with Crippen molar-refractivity contribution in [3.8, 4) is 22.5 Å². The minimum atomic E-state index is 0.906. The average Bonchev–Trinajstić information content (AvgIpc) is 3.04. The zero-order valence-corrected chi connectivity index (χ0v) is 12.1. The lowest BCUT2D eigenvalue weighted by Crippen LogP contribution is -1.88. The van der Waals surface area contributed by atoms with Gasteiger partial charge in [-0.2, -0.15) is 5.10 Å². The summed E-state index contributed by atoms with van der Waals surface area (Å²) >= 11 is 0. The number of hydrogen-bond donors (Lipinski definition) is 1. The highest BCUT2D eigenvalue weighted by Gasteiger charge is 2.12. The molecule has 1 aromatic carbocycles. The second-order valence-electron chi connectivity index (χ2n) is 5.22. The van der Waals surface area contributed by atoms with Gasteiger partial charge in [0.1, 0.15) is 5.69 Å². The molecule has 0 aliphatic carbocycles. The van der Waals surface area contributed by atoms with Crippen LogP contribution in [0.2, 0.25) is 0 Å². The normalized spacial score (nSPS) is 11.0. The molecule has 0 aliphatic rings. The van der Waals surface area contributed by atoms with E-state index in [0.29, 0.717) is 0 Å². The van der Waals surface area contributed by atoms with Crippen LogP contribution in [-0.4, -0.2) is 20.2 Å². The van der Waals surface area contributed by atoms with Gasteiger partial charge in [-0.25, -0.2) is 0 Å². The Balaban J connectivity index is 1.87. The Morgan fingerprint density at radius 2 is 1.95 bits per heavy atom. The van der Waals surface area contributed by atoms with Crippen molar-refractivity contribution in [1.29, 1.82) is 0 Å². The van der Waals surface area contributed by atoms with Crippen LogP contribution in [0, 0.1) is 6.92 Å². The Hall–Kier alpha value is -3.01. The quantitative estimate of drug-likeness (QED) is 0.606. The van der Waals surface area contributed by atoms with Crippen LogP contribution >= 0.6 is 0 Å². The topological polar surface area (TPSA) is 54.5 Å². The molecule has 3 heterocycles. The maximum Gasteiger partial charge on any atom is 0.101 e. The highest BCUT2D eigenvalue weighted by Crippen LogP contribution is 2.30. The summed E-state index contributed by atoms with van der Waals surface area (Å²) < 4.78 is 0. The molecule has 0 spiro atoms. The number of nitrogens with one attached hydrogen (secondary N) is 1. The van der Waals surface area contributed by atoms with Crippen LogP contribution in [-0.2, 0) is 0 Å². The summed E-state index contributed by atoms with van der Waals surface area (Å²) in [7, 11) is 0. The van der Waals surface area contributed by atoms with Gasteiger partial charge in [0.25, 0.3) is 0 Å². The number of aromatic nitrogens is 4. The summed E-state index contributed by atoms with van der Waals surface area (Å²) in [5, 5.41) is 8.47. The van der Waals surface area contributed by atoms with Gasteiger partial charge in [-0.15, -0.1) is 0 Å². The highest BCUT2D eigenvalue weighted by molar-refractivity contribution is 5.87. The van der Waals surface area contributed by atoms with E-state index in [1.54, 1.807) is 6.20 Å². The molecule has 22 heavy (non-hydrogen) atoms. The Kier molecular flexibility index (Phi) is 2.93. The van der Waals surface area contributed by atoms with Crippen molar-refractivity contribution >= 4 is 10.9 Å². The summed E-state index contributed by atoms with van der Waals surface area (Å²) in [5.41, 5.74) is 5.87. The van der Waals surface area contributed by atoms with Gasteiger partial charge in [-0.3, -0.25) is 15.1 Å². The first-order chi connectivity index (χ1) is 10.8. The minimum absolute atomic E-state index is 0.906. The van der Waals surface area contributed by atoms with Crippen LogP contribution in [0.3, 0.4) is 0 Å². The van der Waals surface area contributed by atoms with Gasteiger partial charge in [-0.1, -0.05) is 18.2 Å². The third kappa shape index (κ3) is 2.15. The molecule has 0 aliphatic heterocycles. The average molecular weight is 286 g/mol. The van der Waals surface area contributed by atoms with E-state index in [-0.39, 0.29) is 0 Å². The highest BCUT2D eigenvalue weighted by atomic mass is 15.1. The van der Waals surface area contributed by atoms with Crippen molar-refractivity contribution in [2.24, 2.45) is 0 Å². The lowest BCUT2D eigenvalue weighted by molar-refractivity contribution is 1.10. The van der Waals surface area contributed by atoms with Gasteiger partial charge in [0.05, 0.1) is 11.2 Å². The van der Waals surface area contributed by atoms with Crippen LogP contribution in [0.5, 0.6) is 0 Å². The number of benzene rings is 1. The van der Waals surface area contributed by atoms with Gasteiger partial charge in [0.2, 0.25) is 0 Å². The SMILES string of the molecule is Cc1cccc(-c2c[nH]nc2-c2ccc3ncccc3c2)n1. The minimum Gasteiger partial charge on any atom is -0.284 e. The van der Waals surface area contributed by atoms with E-state index in [9.17, 15) is 0 Å². The van der Waals surface area contributed by atoms with E-state index in [1.165, 1.54) is 0 Å². The van der Waals surface area contributed by atoms with E-state index in [2.05, 4.69) is 32.3 Å². The fraction of sp³-hybridized carbons (Fsp3) is 0.0556. The molecule has 4 nitrogen and oxygen atoms in total. The standard InChI is InChI=1S/C18H14N4/c1-12-4-2-6-17(21-12)15-11-20-22-18(15)14-7-8-16-13(10-14)5-3-9-19-16/h2-11H,1H3,(H,20,22). The number of pyridine rings is 2. The molecule has 0 atom stereocenters. The summed E-state index contributed by atoms with van der Waals surface area (Å²) in [6.45, 7) is 1.99. The molecule has 1 N–H and O–H groups in total. The summed E-state index contributed by atoms with van der Waals surface area (Å²) in [5.74, 6) is 0. The van der Waals surface area contributed by atoms with Crippen LogP contribution in [0.25, 0.3) is 33.4 Å². The lowest BCUT2D eigenvalue weighted by atomic mass is 10.0. The molecular formula is C18H14N4. The summed E-state index contributed by atoms with van der Waals surface area (Å²) in [4.78, 5) is 8.95. The van der Waals surface area contributed by atoms with Crippen LogP contribution in [0.1, 0.15) is 5.69 Å². The van der Waals surface area contributed by atoms with Crippen molar-refractivity contribution in [3.63, 3.8) is 0 Å². The number of rotatable bonds is 2. The molecule has 0 fully saturated rings. The molecule has 106 valence electrons. The Morgan fingerprint density at radius 1 is 1.00 bits per heavy atom. The van der Waals surface area contributed by atoms with Crippen molar-refractivity contribution in [1.82, 2.24) is 20.2 Å². The zero-order chi connectivity index (χ0) is 14.9. The molecule has 4 rings (SSSR count). The number of aryl methyl sites for hydroxylation is 1. The number of H-pyrrole nitrogens is 1. The monoisotopic (exact) mass is 286 g/mol. The molecule has 0 radical (unpaired) electrons. The summed E-state index contributed by atoms with van der Waals surface area (Å²) in [6, 6.07) is 16.2. The molecular weight excluding hydrogens is 272 g/mol. The van der Waals surface area contributed by atoms with Crippen LogP contribution < -0.4 is 0 Å². The van der Waals surface area contributed by atoms with E-state index in [0.717, 1.165) is 39.1 Å². The molecule has 4 aromatic rings. The van der Waals surface area contributed by atoms with Crippen molar-refractivity contribution in [3.05, 3.63) is 66.6 Å². The van der Waals surface area contributed by atoms with Gasteiger partial charge < -0.3 is 0 Å². The zero-order valence-electron chi connectivity index (χ0n) is 12.1. The van der Waals surface area contributed by atoms with Crippen molar-refractivity contribution in [2.45, 2.75) is 6.92 Å². The van der Waals surface area contributed by atoms with Gasteiger partial charge in [0, 0.05) is 34.6 Å². The van der Waals surface area contributed by atoms with Gasteiger partial charge >= 0.3 is 0 Å². The van der Waals surface area contributed by atoms with E-state index < -0.39 is 0 Å². The maximum absolute atomic E-state index is 4.59. The van der Waals surface area contributed by atoms with E-state index >= 15 is 0 Å². The first-order valence-electron chi connectivity index (χ1n) is 7.14. The van der Waals surface area contributed by atoms with E-state index in [1.807, 2.05) is 49.5 Å². The molecule has 3 aromatic heterocycles. The first-order valence-corrected chi connectivity index (χ1v) is 7.14. The number of hydrogen-bond acceptors (Lipinski definition) is 3. The maximum atomic E-state index is 4.59. The smallest absolute Gasteiger partial charge is 0.101 e. The molecule has 4 heteroatoms. The van der Waals surface area contributed by atoms with Gasteiger partial charge in [-0.05, 0) is 37.3 Å². The number of nitrogens with zero attached hydrogens (tertiary/aromatic N) is 3. The predicted molar refractivity (Wildman–Crippen MR) is 87.3 cm³/mol. The van der Waals surface area contributed by atoms with Crippen LogP contribution in [0.4, 0.5) is 0 Å². The Morgan fingerprint density at radius 3 is 2.86 bits per heavy atom. The van der Waals surface area contributed by atoms with Crippen LogP contribution in [0.15, 0.2) is 60.9 Å².